The first kappa shape index (κ1) is 19.2. The lowest BCUT2D eigenvalue weighted by atomic mass is 10.1. The van der Waals surface area contributed by atoms with Crippen molar-refractivity contribution in [2.24, 2.45) is 0 Å². The van der Waals surface area contributed by atoms with Gasteiger partial charge in [0.25, 0.3) is 5.56 Å². The molecule has 31 heavy (non-hydrogen) atoms. The Morgan fingerprint density at radius 2 is 1.87 bits per heavy atom. The minimum absolute atomic E-state index is 0.135. The second kappa shape index (κ2) is 8.16. The van der Waals surface area contributed by atoms with E-state index < -0.39 is 0 Å². The van der Waals surface area contributed by atoms with Gasteiger partial charge in [-0.2, -0.15) is 4.98 Å². The van der Waals surface area contributed by atoms with Gasteiger partial charge >= 0.3 is 0 Å². The van der Waals surface area contributed by atoms with E-state index in [9.17, 15) is 4.79 Å². The highest BCUT2D eigenvalue weighted by Gasteiger charge is 2.17. The number of hydrogen-bond donors (Lipinski definition) is 0. The number of fused-ring (bicyclic) bond motifs is 1. The van der Waals surface area contributed by atoms with E-state index in [1.54, 1.807) is 0 Å². The standard InChI is InChI=1S/C23H18N4O3S/c1-2-29-18-11-7-6-10-16(18)21-25-19(30-26-21)12-27-14-24-22-20(23(27)28)17(13-31-22)15-8-4-3-5-9-15/h3-11,13-14H,2,12H2,1H3. The summed E-state index contributed by atoms with van der Waals surface area (Å²) in [6.07, 6.45) is 1.52. The van der Waals surface area contributed by atoms with Crippen molar-refractivity contribution in [1.29, 1.82) is 0 Å². The smallest absolute Gasteiger partial charge is 0.263 e. The van der Waals surface area contributed by atoms with E-state index in [4.69, 9.17) is 9.26 Å². The van der Waals surface area contributed by atoms with Gasteiger partial charge in [-0.15, -0.1) is 11.3 Å². The van der Waals surface area contributed by atoms with Crippen molar-refractivity contribution in [2.45, 2.75) is 13.5 Å². The minimum Gasteiger partial charge on any atom is -0.493 e. The highest BCUT2D eigenvalue weighted by molar-refractivity contribution is 7.17. The zero-order chi connectivity index (χ0) is 21.2. The number of benzene rings is 2. The highest BCUT2D eigenvalue weighted by atomic mass is 32.1. The fraction of sp³-hybridized carbons (Fsp3) is 0.130. The molecule has 0 spiro atoms. The van der Waals surface area contributed by atoms with Gasteiger partial charge in [0.1, 0.15) is 17.1 Å². The molecule has 8 heteroatoms. The summed E-state index contributed by atoms with van der Waals surface area (Å²) in [7, 11) is 0. The second-order valence-corrected chi connectivity index (χ2v) is 7.67. The topological polar surface area (TPSA) is 83.0 Å². The van der Waals surface area contributed by atoms with Crippen LogP contribution in [0.4, 0.5) is 0 Å². The van der Waals surface area contributed by atoms with Crippen LogP contribution in [-0.4, -0.2) is 26.3 Å². The van der Waals surface area contributed by atoms with Crippen molar-refractivity contribution in [2.75, 3.05) is 6.61 Å². The number of thiophene rings is 1. The van der Waals surface area contributed by atoms with E-state index in [0.717, 1.165) is 16.7 Å². The van der Waals surface area contributed by atoms with Gasteiger partial charge in [-0.05, 0) is 24.6 Å². The first-order valence-corrected chi connectivity index (χ1v) is 10.7. The molecule has 0 fully saturated rings. The molecule has 7 nitrogen and oxygen atoms in total. The third kappa shape index (κ3) is 3.62. The second-order valence-electron chi connectivity index (χ2n) is 6.81. The van der Waals surface area contributed by atoms with Crippen LogP contribution in [0.3, 0.4) is 0 Å². The maximum Gasteiger partial charge on any atom is 0.263 e. The predicted octanol–water partition coefficient (Wildman–Crippen LogP) is 4.62. The molecular weight excluding hydrogens is 412 g/mol. The minimum atomic E-state index is -0.139. The van der Waals surface area contributed by atoms with E-state index in [1.807, 2.05) is 66.9 Å². The van der Waals surface area contributed by atoms with Crippen molar-refractivity contribution in [1.82, 2.24) is 19.7 Å². The summed E-state index contributed by atoms with van der Waals surface area (Å²) >= 11 is 1.46. The first-order valence-electron chi connectivity index (χ1n) is 9.81. The van der Waals surface area contributed by atoms with Crippen molar-refractivity contribution in [3.8, 4) is 28.3 Å². The lowest BCUT2D eigenvalue weighted by Gasteiger charge is -2.06. The fourth-order valence-corrected chi connectivity index (χ4v) is 4.32. The molecule has 0 aliphatic carbocycles. The molecule has 0 bridgehead atoms. The van der Waals surface area contributed by atoms with Gasteiger partial charge in [0.2, 0.25) is 11.7 Å². The monoisotopic (exact) mass is 430 g/mol. The van der Waals surface area contributed by atoms with Crippen LogP contribution >= 0.6 is 11.3 Å². The molecule has 2 aromatic carbocycles. The van der Waals surface area contributed by atoms with Gasteiger partial charge in [-0.3, -0.25) is 9.36 Å². The third-order valence-electron chi connectivity index (χ3n) is 4.85. The predicted molar refractivity (Wildman–Crippen MR) is 119 cm³/mol. The molecule has 5 rings (SSSR count). The van der Waals surface area contributed by atoms with Crippen LogP contribution in [0, 0.1) is 0 Å². The molecule has 0 saturated heterocycles. The highest BCUT2D eigenvalue weighted by Crippen LogP contribution is 2.30. The summed E-state index contributed by atoms with van der Waals surface area (Å²) in [6.45, 7) is 2.59. The molecule has 0 aliphatic rings. The van der Waals surface area contributed by atoms with Gasteiger partial charge in [0.15, 0.2) is 0 Å². The Labute approximate surface area is 181 Å². The maximum atomic E-state index is 13.2. The summed E-state index contributed by atoms with van der Waals surface area (Å²) in [5.74, 6) is 1.42. The van der Waals surface area contributed by atoms with Gasteiger partial charge in [-0.25, -0.2) is 4.98 Å². The Kier molecular flexibility index (Phi) is 5.05. The van der Waals surface area contributed by atoms with Crippen LogP contribution in [0.25, 0.3) is 32.7 Å². The first-order chi connectivity index (χ1) is 15.2. The zero-order valence-corrected chi connectivity index (χ0v) is 17.5. The Morgan fingerprint density at radius 1 is 1.06 bits per heavy atom. The van der Waals surface area contributed by atoms with Crippen LogP contribution in [0.15, 0.2) is 75.6 Å². The SMILES string of the molecule is CCOc1ccccc1-c1noc(Cn2cnc3scc(-c4ccccc4)c3c2=O)n1. The number of aromatic nitrogens is 4. The Balaban J connectivity index is 1.50. The summed E-state index contributed by atoms with van der Waals surface area (Å²) < 4.78 is 12.6. The van der Waals surface area contributed by atoms with E-state index in [0.29, 0.717) is 34.3 Å². The molecule has 5 aromatic rings. The van der Waals surface area contributed by atoms with Crippen molar-refractivity contribution >= 4 is 21.6 Å². The fourth-order valence-electron chi connectivity index (χ4n) is 3.42. The summed E-state index contributed by atoms with van der Waals surface area (Å²) in [4.78, 5) is 22.9. The van der Waals surface area contributed by atoms with E-state index in [1.165, 1.54) is 22.2 Å². The lowest BCUT2D eigenvalue weighted by Crippen LogP contribution is -2.21. The Hall–Kier alpha value is -3.78. The molecule has 0 aliphatic heterocycles. The molecule has 0 amide bonds. The molecule has 154 valence electrons. The van der Waals surface area contributed by atoms with Crippen LogP contribution in [0.5, 0.6) is 5.75 Å². The summed E-state index contributed by atoms with van der Waals surface area (Å²) in [6, 6.07) is 17.3. The van der Waals surface area contributed by atoms with Gasteiger partial charge < -0.3 is 9.26 Å². The molecule has 0 atom stereocenters. The number of para-hydroxylation sites is 1. The van der Waals surface area contributed by atoms with Crippen molar-refractivity contribution in [3.63, 3.8) is 0 Å². The number of hydrogen-bond acceptors (Lipinski definition) is 7. The van der Waals surface area contributed by atoms with Crippen LogP contribution in [0.2, 0.25) is 0 Å². The maximum absolute atomic E-state index is 13.2. The zero-order valence-electron chi connectivity index (χ0n) is 16.7. The number of ether oxygens (including phenoxy) is 1. The lowest BCUT2D eigenvalue weighted by molar-refractivity contribution is 0.340. The molecule has 0 radical (unpaired) electrons. The third-order valence-corrected chi connectivity index (χ3v) is 5.73. The summed E-state index contributed by atoms with van der Waals surface area (Å²) in [5.41, 5.74) is 2.46. The van der Waals surface area contributed by atoms with Crippen molar-refractivity contribution < 1.29 is 9.26 Å². The number of nitrogens with zero attached hydrogens (tertiary/aromatic N) is 4. The Bertz CT molecular complexity index is 1410. The molecule has 3 heterocycles. The normalized spacial score (nSPS) is 11.1. The van der Waals surface area contributed by atoms with E-state index >= 15 is 0 Å². The van der Waals surface area contributed by atoms with E-state index in [-0.39, 0.29) is 12.1 Å². The summed E-state index contributed by atoms with van der Waals surface area (Å²) in [5, 5.41) is 6.64. The van der Waals surface area contributed by atoms with E-state index in [2.05, 4.69) is 15.1 Å². The van der Waals surface area contributed by atoms with Crippen LogP contribution < -0.4 is 10.3 Å². The molecule has 0 saturated carbocycles. The van der Waals surface area contributed by atoms with Crippen LogP contribution in [-0.2, 0) is 6.54 Å². The van der Waals surface area contributed by atoms with Crippen LogP contribution in [0.1, 0.15) is 12.8 Å². The molecule has 0 N–H and O–H groups in total. The largest absolute Gasteiger partial charge is 0.493 e. The Morgan fingerprint density at radius 3 is 2.71 bits per heavy atom. The molecular formula is C23H18N4O3S. The molecule has 0 unspecified atom stereocenters. The van der Waals surface area contributed by atoms with Gasteiger partial charge in [-0.1, -0.05) is 47.6 Å². The van der Waals surface area contributed by atoms with Gasteiger partial charge in [0.05, 0.1) is 23.9 Å². The average Bonchev–Trinajstić information content (AvgIpc) is 3.45. The van der Waals surface area contributed by atoms with Gasteiger partial charge in [0, 0.05) is 10.9 Å². The molecule has 3 aromatic heterocycles. The average molecular weight is 430 g/mol. The van der Waals surface area contributed by atoms with Crippen molar-refractivity contribution in [3.05, 3.63) is 82.5 Å². The number of rotatable bonds is 6. The quantitative estimate of drug-likeness (QED) is 0.391.